The number of hydrogen-bond donors (Lipinski definition) is 1. The highest BCUT2D eigenvalue weighted by Gasteiger charge is 2.45. The van der Waals surface area contributed by atoms with E-state index in [1.165, 1.54) is 0 Å². The number of fused-ring (bicyclic) bond motifs is 5. The van der Waals surface area contributed by atoms with Crippen LogP contribution >= 0.6 is 7.60 Å². The number of cyclic esters (lactones) is 1. The average molecular weight is 572 g/mol. The average Bonchev–Trinajstić information content (AvgIpc) is 3.29. The molecule has 1 atom stereocenters. The quantitative estimate of drug-likeness (QED) is 0.222. The van der Waals surface area contributed by atoms with Crippen molar-refractivity contribution in [1.29, 1.82) is 0 Å². The third-order valence-corrected chi connectivity index (χ3v) is 9.04. The van der Waals surface area contributed by atoms with Crippen molar-refractivity contribution < 1.29 is 33.0 Å². The SMILES string of the molecule is CCOP(=O)(COc1ccc2nc3c(c(CN(C)C)c2c1)Cn1c-3cc2c(c1=O)COC(=O)[C@]2(O)CC)OCC. The lowest BCUT2D eigenvalue weighted by Crippen LogP contribution is -2.44. The van der Waals surface area contributed by atoms with E-state index in [9.17, 15) is 19.3 Å². The zero-order chi connectivity index (χ0) is 28.8. The molecule has 2 aromatic heterocycles. The number of aromatic nitrogens is 2. The number of ether oxygens (including phenoxy) is 2. The second-order valence-electron chi connectivity index (χ2n) is 10.2. The summed E-state index contributed by atoms with van der Waals surface area (Å²) in [7, 11) is 0.505. The summed E-state index contributed by atoms with van der Waals surface area (Å²) in [5, 5.41) is 12.0. The van der Waals surface area contributed by atoms with Crippen molar-refractivity contribution in [2.75, 3.05) is 33.7 Å². The number of pyridine rings is 2. The van der Waals surface area contributed by atoms with E-state index in [1.54, 1.807) is 37.5 Å². The maximum atomic E-state index is 13.6. The molecule has 0 aliphatic carbocycles. The number of hydrogen-bond acceptors (Lipinski definition) is 10. The monoisotopic (exact) mass is 571 g/mol. The summed E-state index contributed by atoms with van der Waals surface area (Å²) in [6.45, 7) is 6.31. The molecule has 1 aromatic carbocycles. The first-order chi connectivity index (χ1) is 19.0. The fourth-order valence-electron chi connectivity index (χ4n) is 5.39. The number of esters is 1. The summed E-state index contributed by atoms with van der Waals surface area (Å²) >= 11 is 0. The first-order valence-corrected chi connectivity index (χ1v) is 15.1. The minimum Gasteiger partial charge on any atom is -0.481 e. The molecule has 0 radical (unpaired) electrons. The Morgan fingerprint density at radius 1 is 1.12 bits per heavy atom. The predicted molar refractivity (Wildman–Crippen MR) is 148 cm³/mol. The van der Waals surface area contributed by atoms with Crippen molar-refractivity contribution in [3.63, 3.8) is 0 Å². The van der Waals surface area contributed by atoms with Crippen molar-refractivity contribution in [2.45, 2.75) is 52.5 Å². The molecule has 0 spiro atoms. The molecule has 40 heavy (non-hydrogen) atoms. The Balaban J connectivity index is 1.62. The van der Waals surface area contributed by atoms with Gasteiger partial charge in [-0.1, -0.05) is 6.92 Å². The molecule has 0 unspecified atom stereocenters. The lowest BCUT2D eigenvalue weighted by Gasteiger charge is -2.31. The maximum absolute atomic E-state index is 13.6. The minimum atomic E-state index is -3.41. The molecule has 0 saturated heterocycles. The molecule has 2 aliphatic rings. The Kier molecular flexibility index (Phi) is 7.62. The zero-order valence-corrected chi connectivity index (χ0v) is 24.2. The van der Waals surface area contributed by atoms with E-state index in [0.717, 1.165) is 16.5 Å². The lowest BCUT2D eigenvalue weighted by molar-refractivity contribution is -0.172. The summed E-state index contributed by atoms with van der Waals surface area (Å²) in [6.07, 6.45) is -0.150. The second-order valence-corrected chi connectivity index (χ2v) is 12.2. The summed E-state index contributed by atoms with van der Waals surface area (Å²) in [4.78, 5) is 33.0. The molecule has 3 aromatic rings. The molecule has 4 heterocycles. The van der Waals surface area contributed by atoms with Crippen molar-refractivity contribution in [1.82, 2.24) is 14.5 Å². The molecular formula is C28H34N3O8P. The van der Waals surface area contributed by atoms with Crippen molar-refractivity contribution in [2.24, 2.45) is 0 Å². The van der Waals surface area contributed by atoms with Gasteiger partial charge >= 0.3 is 13.6 Å². The van der Waals surface area contributed by atoms with Crippen LogP contribution in [0.1, 0.15) is 49.4 Å². The molecule has 12 heteroatoms. The maximum Gasteiger partial charge on any atom is 0.367 e. The van der Waals surface area contributed by atoms with Crippen LogP contribution in [0.4, 0.5) is 0 Å². The Morgan fingerprint density at radius 3 is 2.50 bits per heavy atom. The molecule has 5 rings (SSSR count). The van der Waals surface area contributed by atoms with Gasteiger partial charge in [-0.2, -0.15) is 0 Å². The molecule has 2 aliphatic heterocycles. The van der Waals surface area contributed by atoms with Gasteiger partial charge in [0.05, 0.1) is 42.2 Å². The predicted octanol–water partition coefficient (Wildman–Crippen LogP) is 3.74. The van der Waals surface area contributed by atoms with Crippen molar-refractivity contribution in [3.05, 3.63) is 56.9 Å². The summed E-state index contributed by atoms with van der Waals surface area (Å²) in [5.74, 6) is -0.267. The number of nitrogens with zero attached hydrogens (tertiary/aromatic N) is 3. The topological polar surface area (TPSA) is 129 Å². The van der Waals surface area contributed by atoms with Crippen LogP contribution in [-0.2, 0) is 48.4 Å². The molecule has 0 saturated carbocycles. The van der Waals surface area contributed by atoms with Crippen LogP contribution in [0.25, 0.3) is 22.3 Å². The number of benzene rings is 1. The van der Waals surface area contributed by atoms with Gasteiger partial charge in [-0.15, -0.1) is 0 Å². The van der Waals surface area contributed by atoms with Crippen LogP contribution in [0.15, 0.2) is 29.1 Å². The van der Waals surface area contributed by atoms with Crippen molar-refractivity contribution >= 4 is 24.5 Å². The smallest absolute Gasteiger partial charge is 0.367 e. The van der Waals surface area contributed by atoms with Crippen LogP contribution in [-0.4, -0.2) is 59.2 Å². The van der Waals surface area contributed by atoms with E-state index in [4.69, 9.17) is 23.5 Å². The van der Waals surface area contributed by atoms with E-state index >= 15 is 0 Å². The van der Waals surface area contributed by atoms with Crippen LogP contribution in [0.2, 0.25) is 0 Å². The summed E-state index contributed by atoms with van der Waals surface area (Å²) < 4.78 is 36.3. The highest BCUT2D eigenvalue weighted by molar-refractivity contribution is 7.53. The Morgan fingerprint density at radius 2 is 1.85 bits per heavy atom. The fraction of sp³-hybridized carbons (Fsp3) is 0.464. The normalized spacial score (nSPS) is 18.0. The first kappa shape index (κ1) is 28.4. The van der Waals surface area contributed by atoms with E-state index < -0.39 is 19.2 Å². The molecule has 0 fully saturated rings. The van der Waals surface area contributed by atoms with E-state index in [0.29, 0.717) is 29.2 Å². The Labute approximate surface area is 232 Å². The summed E-state index contributed by atoms with van der Waals surface area (Å²) in [6, 6.07) is 7.11. The number of aliphatic hydroxyl groups is 1. The molecular weight excluding hydrogens is 537 g/mol. The Bertz CT molecular complexity index is 1590. The highest BCUT2D eigenvalue weighted by Crippen LogP contribution is 2.48. The molecule has 1 N–H and O–H groups in total. The first-order valence-electron chi connectivity index (χ1n) is 13.3. The van der Waals surface area contributed by atoms with Gasteiger partial charge in [0.25, 0.3) is 5.56 Å². The van der Waals surface area contributed by atoms with Gasteiger partial charge in [0, 0.05) is 23.1 Å². The standard InChI is InChI=1S/C28H34N3O8P/c1-6-28(34)22-12-24-25-20(14-31(24)26(32)21(22)15-36-27(28)33)19(13-30(4)5)18-11-17(9-10-23(18)29-25)37-16-40(35,38-7-2)39-8-3/h9-12,34H,6-8,13-16H2,1-5H3/t28-/m0/s1. The largest absolute Gasteiger partial charge is 0.481 e. The molecule has 0 bridgehead atoms. The van der Waals surface area contributed by atoms with E-state index in [-0.39, 0.29) is 55.8 Å². The highest BCUT2D eigenvalue weighted by atomic mass is 31.2. The van der Waals surface area contributed by atoms with Gasteiger partial charge in [0.2, 0.25) is 0 Å². The summed E-state index contributed by atoms with van der Waals surface area (Å²) in [5.41, 5.74) is 2.08. The van der Waals surface area contributed by atoms with Crippen LogP contribution < -0.4 is 10.3 Å². The third kappa shape index (κ3) is 4.76. The number of carbonyl (C=O) groups excluding carboxylic acids is 1. The van der Waals surface area contributed by atoms with Gasteiger partial charge < -0.3 is 33.1 Å². The van der Waals surface area contributed by atoms with Gasteiger partial charge in [0.1, 0.15) is 12.4 Å². The second kappa shape index (κ2) is 10.7. The van der Waals surface area contributed by atoms with Crippen molar-refractivity contribution in [3.8, 4) is 17.1 Å². The van der Waals surface area contributed by atoms with E-state index in [1.807, 2.05) is 31.1 Å². The fourth-order valence-corrected chi connectivity index (χ4v) is 6.70. The van der Waals surface area contributed by atoms with Crippen LogP contribution in [0.3, 0.4) is 0 Å². The molecule has 214 valence electrons. The molecule has 11 nitrogen and oxygen atoms in total. The molecule has 0 amide bonds. The van der Waals surface area contributed by atoms with E-state index in [2.05, 4.69) is 0 Å². The van der Waals surface area contributed by atoms with Gasteiger partial charge in [0.15, 0.2) is 11.9 Å². The van der Waals surface area contributed by atoms with Crippen LogP contribution in [0.5, 0.6) is 5.75 Å². The number of carbonyl (C=O) groups is 1. The zero-order valence-electron chi connectivity index (χ0n) is 23.4. The van der Waals surface area contributed by atoms with Crippen LogP contribution in [0, 0.1) is 0 Å². The van der Waals surface area contributed by atoms with Gasteiger partial charge in [-0.3, -0.25) is 9.36 Å². The third-order valence-electron chi connectivity index (χ3n) is 7.29. The van der Waals surface area contributed by atoms with Gasteiger partial charge in [-0.05, 0) is 64.2 Å². The Hall–Kier alpha value is -3.08. The lowest BCUT2D eigenvalue weighted by atomic mass is 9.86. The van der Waals surface area contributed by atoms with Gasteiger partial charge in [-0.25, -0.2) is 9.78 Å². The number of rotatable bonds is 10. The minimum absolute atomic E-state index is 0.0773.